The first kappa shape index (κ1) is 20.7. The molecule has 0 aliphatic rings. The van der Waals surface area contributed by atoms with Gasteiger partial charge in [-0.15, -0.1) is 11.3 Å². The highest BCUT2D eigenvalue weighted by Crippen LogP contribution is 2.22. The predicted octanol–water partition coefficient (Wildman–Crippen LogP) is 4.98. The molecular formula is C23H21FN4O2S. The average Bonchev–Trinajstić information content (AvgIpc) is 3.35. The summed E-state index contributed by atoms with van der Waals surface area (Å²) >= 11 is 1.27. The van der Waals surface area contributed by atoms with Crippen molar-refractivity contribution in [3.8, 4) is 5.75 Å². The number of nitrogens with zero attached hydrogens (tertiary/aromatic N) is 3. The minimum Gasteiger partial charge on any atom is -0.486 e. The van der Waals surface area contributed by atoms with Crippen molar-refractivity contribution >= 4 is 23.1 Å². The minimum absolute atomic E-state index is 0.204. The molecule has 2 aromatic carbocycles. The summed E-state index contributed by atoms with van der Waals surface area (Å²) < 4.78 is 20.4. The number of aromatic nitrogens is 3. The van der Waals surface area contributed by atoms with Gasteiger partial charge >= 0.3 is 0 Å². The van der Waals surface area contributed by atoms with Gasteiger partial charge in [0.15, 0.2) is 0 Å². The maximum atomic E-state index is 13.0. The lowest BCUT2D eigenvalue weighted by molar-refractivity contribution is 0.102. The molecule has 4 rings (SSSR count). The number of aryl methyl sites for hydroxylation is 2. The molecule has 1 amide bonds. The summed E-state index contributed by atoms with van der Waals surface area (Å²) in [6, 6.07) is 15.7. The van der Waals surface area contributed by atoms with Crippen LogP contribution in [0.1, 0.15) is 31.5 Å². The van der Waals surface area contributed by atoms with Gasteiger partial charge in [0.05, 0.1) is 18.4 Å². The zero-order valence-corrected chi connectivity index (χ0v) is 17.9. The minimum atomic E-state index is -0.321. The fraction of sp³-hybridized carbons (Fsp3) is 0.174. The number of rotatable bonds is 7. The molecule has 8 heteroatoms. The van der Waals surface area contributed by atoms with E-state index in [1.807, 2.05) is 31.2 Å². The lowest BCUT2D eigenvalue weighted by atomic mass is 10.1. The van der Waals surface area contributed by atoms with Gasteiger partial charge in [-0.2, -0.15) is 5.10 Å². The molecule has 0 atom stereocenters. The van der Waals surface area contributed by atoms with Gasteiger partial charge in [0.25, 0.3) is 5.91 Å². The Morgan fingerprint density at radius 1 is 1.10 bits per heavy atom. The zero-order chi connectivity index (χ0) is 21.8. The molecule has 0 aliphatic heterocycles. The van der Waals surface area contributed by atoms with Crippen molar-refractivity contribution in [2.45, 2.75) is 27.0 Å². The molecule has 0 bridgehead atoms. The Bertz CT molecular complexity index is 1180. The van der Waals surface area contributed by atoms with Crippen molar-refractivity contribution in [3.05, 3.63) is 93.3 Å². The molecule has 0 saturated heterocycles. The van der Waals surface area contributed by atoms with Crippen molar-refractivity contribution < 1.29 is 13.9 Å². The number of carbonyl (C=O) groups excluding carboxylic acids is 1. The van der Waals surface area contributed by atoms with Gasteiger partial charge < -0.3 is 10.1 Å². The van der Waals surface area contributed by atoms with E-state index in [1.54, 1.807) is 36.0 Å². The Morgan fingerprint density at radius 2 is 1.84 bits per heavy atom. The van der Waals surface area contributed by atoms with Crippen LogP contribution in [0.15, 0.2) is 60.8 Å². The van der Waals surface area contributed by atoms with E-state index in [0.29, 0.717) is 33.7 Å². The van der Waals surface area contributed by atoms with E-state index in [-0.39, 0.29) is 18.3 Å². The van der Waals surface area contributed by atoms with Crippen LogP contribution in [0, 0.1) is 19.7 Å². The molecule has 0 aliphatic carbocycles. The van der Waals surface area contributed by atoms with E-state index in [2.05, 4.69) is 15.4 Å². The van der Waals surface area contributed by atoms with E-state index in [0.717, 1.165) is 5.56 Å². The van der Waals surface area contributed by atoms with Crippen LogP contribution in [0.4, 0.5) is 10.2 Å². The molecule has 4 aromatic rings. The summed E-state index contributed by atoms with van der Waals surface area (Å²) in [5, 5.41) is 7.91. The number of hydrogen-bond donors (Lipinski definition) is 1. The first-order valence-electron chi connectivity index (χ1n) is 9.71. The molecule has 0 saturated carbocycles. The van der Waals surface area contributed by atoms with Crippen LogP contribution in [-0.4, -0.2) is 20.7 Å². The van der Waals surface area contributed by atoms with Crippen LogP contribution >= 0.6 is 11.3 Å². The maximum Gasteiger partial charge on any atom is 0.268 e. The summed E-state index contributed by atoms with van der Waals surface area (Å²) in [7, 11) is 0. The third kappa shape index (κ3) is 5.16. The van der Waals surface area contributed by atoms with Crippen LogP contribution in [0.2, 0.25) is 0 Å². The first-order chi connectivity index (χ1) is 15.0. The van der Waals surface area contributed by atoms with Gasteiger partial charge in [0, 0.05) is 6.07 Å². The number of hydrogen-bond acceptors (Lipinski definition) is 5. The van der Waals surface area contributed by atoms with Crippen LogP contribution in [0.5, 0.6) is 5.75 Å². The van der Waals surface area contributed by atoms with Gasteiger partial charge in [-0.1, -0.05) is 29.8 Å². The Hall–Kier alpha value is -3.52. The maximum absolute atomic E-state index is 13.0. The molecule has 0 radical (unpaired) electrons. The number of thiazole rings is 1. The Kier molecular flexibility index (Phi) is 6.08. The second-order valence-corrected chi connectivity index (χ2v) is 8.16. The molecule has 158 valence electrons. The van der Waals surface area contributed by atoms with E-state index in [9.17, 15) is 9.18 Å². The second-order valence-electron chi connectivity index (χ2n) is 7.08. The number of ether oxygens (including phenoxy) is 1. The van der Waals surface area contributed by atoms with E-state index in [4.69, 9.17) is 4.74 Å². The largest absolute Gasteiger partial charge is 0.486 e. The molecule has 31 heavy (non-hydrogen) atoms. The molecule has 2 aromatic heterocycles. The van der Waals surface area contributed by atoms with Crippen molar-refractivity contribution in [2.75, 3.05) is 5.32 Å². The van der Waals surface area contributed by atoms with Gasteiger partial charge in [0.2, 0.25) is 0 Å². The topological polar surface area (TPSA) is 69.0 Å². The molecule has 1 N–H and O–H groups in total. The quantitative estimate of drug-likeness (QED) is 0.444. The highest BCUT2D eigenvalue weighted by atomic mass is 32.1. The summed E-state index contributed by atoms with van der Waals surface area (Å²) in [5.41, 5.74) is 2.92. The van der Waals surface area contributed by atoms with Gasteiger partial charge in [-0.05, 0) is 43.7 Å². The van der Waals surface area contributed by atoms with Crippen molar-refractivity contribution in [1.82, 2.24) is 14.8 Å². The average molecular weight is 437 g/mol. The Labute approximate surface area is 183 Å². The van der Waals surface area contributed by atoms with Crippen LogP contribution in [-0.2, 0) is 13.2 Å². The molecule has 0 spiro atoms. The van der Waals surface area contributed by atoms with Crippen LogP contribution in [0.25, 0.3) is 0 Å². The number of nitrogens with one attached hydrogen (secondary N) is 1. The SMILES string of the molecule is Cc1ccc(Cn2nccc2NC(=O)c2sc(COc3ccc(F)cc3)nc2C)cc1. The third-order valence-electron chi connectivity index (χ3n) is 4.63. The number of halogens is 1. The lowest BCUT2D eigenvalue weighted by Gasteiger charge is -2.09. The lowest BCUT2D eigenvalue weighted by Crippen LogP contribution is -2.16. The normalized spacial score (nSPS) is 10.8. The first-order valence-corrected chi connectivity index (χ1v) is 10.5. The van der Waals surface area contributed by atoms with Crippen LogP contribution in [0.3, 0.4) is 0 Å². The van der Waals surface area contributed by atoms with E-state index in [1.165, 1.54) is 29.0 Å². The molecule has 6 nitrogen and oxygen atoms in total. The summed E-state index contributed by atoms with van der Waals surface area (Å²) in [5.74, 6) is 0.592. The number of amides is 1. The van der Waals surface area contributed by atoms with E-state index < -0.39 is 0 Å². The molecular weight excluding hydrogens is 415 g/mol. The standard InChI is InChI=1S/C23H21FN4O2S/c1-15-3-5-17(6-4-15)13-28-20(11-12-25-28)27-23(29)22-16(2)26-21(31-22)14-30-19-9-7-18(24)8-10-19/h3-12H,13-14H2,1-2H3,(H,27,29). The fourth-order valence-corrected chi connectivity index (χ4v) is 3.88. The number of anilines is 1. The fourth-order valence-electron chi connectivity index (χ4n) is 3.00. The van der Waals surface area contributed by atoms with Gasteiger partial charge in [0.1, 0.15) is 33.9 Å². The monoisotopic (exact) mass is 436 g/mol. The van der Waals surface area contributed by atoms with Crippen molar-refractivity contribution in [1.29, 1.82) is 0 Å². The highest BCUT2D eigenvalue weighted by Gasteiger charge is 2.17. The summed E-state index contributed by atoms with van der Waals surface area (Å²) in [4.78, 5) is 17.8. The molecule has 0 unspecified atom stereocenters. The van der Waals surface area contributed by atoms with Gasteiger partial charge in [-0.3, -0.25) is 4.79 Å². The molecule has 0 fully saturated rings. The number of benzene rings is 2. The Balaban J connectivity index is 1.41. The second kappa shape index (κ2) is 9.09. The van der Waals surface area contributed by atoms with E-state index >= 15 is 0 Å². The van der Waals surface area contributed by atoms with Crippen molar-refractivity contribution in [3.63, 3.8) is 0 Å². The summed E-state index contributed by atoms with van der Waals surface area (Å²) in [6.07, 6.45) is 1.66. The highest BCUT2D eigenvalue weighted by molar-refractivity contribution is 7.13. The number of carbonyl (C=O) groups is 1. The van der Waals surface area contributed by atoms with Crippen LogP contribution < -0.4 is 10.1 Å². The van der Waals surface area contributed by atoms with Gasteiger partial charge in [-0.25, -0.2) is 14.1 Å². The predicted molar refractivity (Wildman–Crippen MR) is 118 cm³/mol. The smallest absolute Gasteiger partial charge is 0.268 e. The molecule has 2 heterocycles. The Morgan fingerprint density at radius 3 is 2.58 bits per heavy atom. The zero-order valence-electron chi connectivity index (χ0n) is 17.1. The third-order valence-corrected chi connectivity index (χ3v) is 5.76. The summed E-state index contributed by atoms with van der Waals surface area (Å²) in [6.45, 7) is 4.59. The van der Waals surface area contributed by atoms with Crippen molar-refractivity contribution in [2.24, 2.45) is 0 Å².